The van der Waals surface area contributed by atoms with Crippen LogP contribution >= 0.6 is 11.8 Å². The molecule has 1 unspecified atom stereocenters. The highest BCUT2D eigenvalue weighted by Gasteiger charge is 2.12. The van der Waals surface area contributed by atoms with E-state index in [2.05, 4.69) is 5.32 Å². The normalized spacial score (nSPS) is 20.1. The predicted molar refractivity (Wildman–Crippen MR) is 70.6 cm³/mol. The second-order valence-corrected chi connectivity index (χ2v) is 5.45. The zero-order valence-electron chi connectivity index (χ0n) is 9.69. The van der Waals surface area contributed by atoms with Crippen molar-refractivity contribution in [1.82, 2.24) is 5.32 Å². The third-order valence-electron chi connectivity index (χ3n) is 2.93. The molecule has 0 aliphatic carbocycles. The number of carbonyl (C=O) groups is 1. The lowest BCUT2D eigenvalue weighted by atomic mass is 10.1. The Morgan fingerprint density at radius 1 is 1.53 bits per heavy atom. The van der Waals surface area contributed by atoms with Gasteiger partial charge in [-0.3, -0.25) is 0 Å². The van der Waals surface area contributed by atoms with Crippen molar-refractivity contribution in [3.05, 3.63) is 35.4 Å². The molecule has 1 fully saturated rings. The van der Waals surface area contributed by atoms with Crippen LogP contribution in [0.2, 0.25) is 0 Å². The molecule has 4 heteroatoms. The largest absolute Gasteiger partial charge is 0.478 e. The summed E-state index contributed by atoms with van der Waals surface area (Å²) in [5, 5.41) is 12.4. The minimum absolute atomic E-state index is 0.363. The Bertz CT molecular complexity index is 389. The minimum atomic E-state index is -0.861. The molecule has 1 aliphatic rings. The smallest absolute Gasteiger partial charge is 0.335 e. The predicted octanol–water partition coefficient (Wildman–Crippen LogP) is 2.37. The molecule has 1 heterocycles. The summed E-state index contributed by atoms with van der Waals surface area (Å²) < 4.78 is 0. The molecule has 2 rings (SSSR count). The summed E-state index contributed by atoms with van der Waals surface area (Å²) in [6, 6.07) is 7.71. The Labute approximate surface area is 106 Å². The molecule has 92 valence electrons. The van der Waals surface area contributed by atoms with Crippen LogP contribution in [0.1, 0.15) is 28.8 Å². The molecule has 1 aromatic rings. The number of benzene rings is 1. The molecule has 0 saturated carbocycles. The Balaban J connectivity index is 1.89. The van der Waals surface area contributed by atoms with Crippen LogP contribution in [0.4, 0.5) is 0 Å². The quantitative estimate of drug-likeness (QED) is 0.862. The summed E-state index contributed by atoms with van der Waals surface area (Å²) in [6.07, 6.45) is 2.50. The Kier molecular flexibility index (Phi) is 4.45. The number of carboxylic acids is 1. The van der Waals surface area contributed by atoms with Crippen LogP contribution in [-0.2, 0) is 6.54 Å². The van der Waals surface area contributed by atoms with Gasteiger partial charge in [-0.05, 0) is 36.3 Å². The summed E-state index contributed by atoms with van der Waals surface area (Å²) in [5.74, 6) is 1.57. The number of aromatic carboxylic acids is 1. The van der Waals surface area contributed by atoms with E-state index in [0.717, 1.165) is 12.1 Å². The maximum Gasteiger partial charge on any atom is 0.335 e. The molecule has 0 radical (unpaired) electrons. The molecule has 0 bridgehead atoms. The maximum absolute atomic E-state index is 10.8. The molecule has 2 N–H and O–H groups in total. The van der Waals surface area contributed by atoms with E-state index in [1.807, 2.05) is 17.8 Å². The van der Waals surface area contributed by atoms with Crippen molar-refractivity contribution in [1.29, 1.82) is 0 Å². The first-order valence-electron chi connectivity index (χ1n) is 5.89. The van der Waals surface area contributed by atoms with Gasteiger partial charge in [0, 0.05) is 18.3 Å². The van der Waals surface area contributed by atoms with E-state index in [9.17, 15) is 4.79 Å². The van der Waals surface area contributed by atoms with Crippen LogP contribution in [0.5, 0.6) is 0 Å². The highest BCUT2D eigenvalue weighted by molar-refractivity contribution is 7.99. The summed E-state index contributed by atoms with van der Waals surface area (Å²) in [7, 11) is 0. The number of nitrogens with one attached hydrogen (secondary N) is 1. The van der Waals surface area contributed by atoms with Gasteiger partial charge in [-0.25, -0.2) is 4.79 Å². The molecular formula is C13H17NO2S. The second-order valence-electron chi connectivity index (χ2n) is 4.30. The number of rotatable bonds is 4. The van der Waals surface area contributed by atoms with Crippen molar-refractivity contribution < 1.29 is 9.90 Å². The Morgan fingerprint density at radius 3 is 3.12 bits per heavy atom. The molecule has 0 spiro atoms. The van der Waals surface area contributed by atoms with Gasteiger partial charge in [-0.15, -0.1) is 0 Å². The molecule has 1 aliphatic heterocycles. The van der Waals surface area contributed by atoms with Crippen molar-refractivity contribution in [3.8, 4) is 0 Å². The average Bonchev–Trinajstić information content (AvgIpc) is 2.38. The molecule has 1 atom stereocenters. The standard InChI is InChI=1S/C13H17NO2S/c15-13(16)11-4-1-3-10(7-11)8-14-12-5-2-6-17-9-12/h1,3-4,7,12,14H,2,5-6,8-9H2,(H,15,16). The van der Waals surface area contributed by atoms with Crippen molar-refractivity contribution in [2.24, 2.45) is 0 Å². The van der Waals surface area contributed by atoms with Crippen LogP contribution in [-0.4, -0.2) is 28.6 Å². The first kappa shape index (κ1) is 12.5. The van der Waals surface area contributed by atoms with Crippen LogP contribution in [0, 0.1) is 0 Å². The summed E-state index contributed by atoms with van der Waals surface area (Å²) in [5.41, 5.74) is 1.41. The zero-order chi connectivity index (χ0) is 12.1. The van der Waals surface area contributed by atoms with E-state index >= 15 is 0 Å². The SMILES string of the molecule is O=C(O)c1cccc(CNC2CCCSC2)c1. The number of hydrogen-bond donors (Lipinski definition) is 2. The van der Waals surface area contributed by atoms with Gasteiger partial charge in [0.1, 0.15) is 0 Å². The summed E-state index contributed by atoms with van der Waals surface area (Å²) in [4.78, 5) is 10.8. The monoisotopic (exact) mass is 251 g/mol. The van der Waals surface area contributed by atoms with E-state index in [4.69, 9.17) is 5.11 Å². The molecule has 17 heavy (non-hydrogen) atoms. The first-order chi connectivity index (χ1) is 8.25. The van der Waals surface area contributed by atoms with Crippen molar-refractivity contribution >= 4 is 17.7 Å². The number of hydrogen-bond acceptors (Lipinski definition) is 3. The first-order valence-corrected chi connectivity index (χ1v) is 7.04. The van der Waals surface area contributed by atoms with E-state index in [0.29, 0.717) is 11.6 Å². The van der Waals surface area contributed by atoms with E-state index in [1.165, 1.54) is 24.3 Å². The van der Waals surface area contributed by atoms with Gasteiger partial charge in [0.2, 0.25) is 0 Å². The lowest BCUT2D eigenvalue weighted by Crippen LogP contribution is -2.33. The van der Waals surface area contributed by atoms with Crippen LogP contribution < -0.4 is 5.32 Å². The third-order valence-corrected chi connectivity index (χ3v) is 4.14. The highest BCUT2D eigenvalue weighted by atomic mass is 32.2. The fraction of sp³-hybridized carbons (Fsp3) is 0.462. The molecule has 0 amide bonds. The third kappa shape index (κ3) is 3.75. The molecule has 1 aromatic carbocycles. The van der Waals surface area contributed by atoms with Gasteiger partial charge in [0.25, 0.3) is 0 Å². The molecule has 1 saturated heterocycles. The zero-order valence-corrected chi connectivity index (χ0v) is 10.5. The van der Waals surface area contributed by atoms with Gasteiger partial charge in [-0.2, -0.15) is 11.8 Å². The fourth-order valence-corrected chi connectivity index (χ4v) is 3.08. The van der Waals surface area contributed by atoms with Crippen LogP contribution in [0.15, 0.2) is 24.3 Å². The van der Waals surface area contributed by atoms with Gasteiger partial charge in [-0.1, -0.05) is 12.1 Å². The van der Waals surface area contributed by atoms with E-state index in [1.54, 1.807) is 18.2 Å². The van der Waals surface area contributed by atoms with Crippen molar-refractivity contribution in [2.45, 2.75) is 25.4 Å². The average molecular weight is 251 g/mol. The van der Waals surface area contributed by atoms with Crippen molar-refractivity contribution in [3.63, 3.8) is 0 Å². The van der Waals surface area contributed by atoms with Gasteiger partial charge >= 0.3 is 5.97 Å². The highest BCUT2D eigenvalue weighted by Crippen LogP contribution is 2.17. The Hall–Kier alpha value is -1.00. The number of carboxylic acid groups (broad SMARTS) is 1. The van der Waals surface area contributed by atoms with Gasteiger partial charge in [0.05, 0.1) is 5.56 Å². The molecule has 0 aromatic heterocycles. The van der Waals surface area contributed by atoms with E-state index in [-0.39, 0.29) is 0 Å². The topological polar surface area (TPSA) is 49.3 Å². The Morgan fingerprint density at radius 2 is 2.41 bits per heavy atom. The summed E-state index contributed by atoms with van der Waals surface area (Å²) in [6.45, 7) is 0.756. The second kappa shape index (κ2) is 6.07. The maximum atomic E-state index is 10.8. The lowest BCUT2D eigenvalue weighted by molar-refractivity contribution is 0.0697. The van der Waals surface area contributed by atoms with E-state index < -0.39 is 5.97 Å². The van der Waals surface area contributed by atoms with Crippen molar-refractivity contribution in [2.75, 3.05) is 11.5 Å². The van der Waals surface area contributed by atoms with Gasteiger partial charge < -0.3 is 10.4 Å². The lowest BCUT2D eigenvalue weighted by Gasteiger charge is -2.22. The molecule has 3 nitrogen and oxygen atoms in total. The summed E-state index contributed by atoms with van der Waals surface area (Å²) >= 11 is 1.99. The van der Waals surface area contributed by atoms with Crippen LogP contribution in [0.25, 0.3) is 0 Å². The number of thioether (sulfide) groups is 1. The molecular weight excluding hydrogens is 234 g/mol. The van der Waals surface area contributed by atoms with Crippen LogP contribution in [0.3, 0.4) is 0 Å². The van der Waals surface area contributed by atoms with Gasteiger partial charge in [0.15, 0.2) is 0 Å². The minimum Gasteiger partial charge on any atom is -0.478 e. The fourth-order valence-electron chi connectivity index (χ4n) is 1.98.